The predicted octanol–water partition coefficient (Wildman–Crippen LogP) is 5.00. The van der Waals surface area contributed by atoms with Crippen LogP contribution in [-0.4, -0.2) is 55.3 Å². The van der Waals surface area contributed by atoms with Gasteiger partial charge in [-0.15, -0.1) is 0 Å². The lowest BCUT2D eigenvalue weighted by atomic mass is 10.1. The van der Waals surface area contributed by atoms with Crippen LogP contribution >= 0.6 is 11.6 Å². The highest BCUT2D eigenvalue weighted by atomic mass is 35.5. The number of fused-ring (bicyclic) bond motifs is 1. The Labute approximate surface area is 216 Å². The van der Waals surface area contributed by atoms with Crippen LogP contribution in [0.3, 0.4) is 0 Å². The molecule has 0 radical (unpaired) electrons. The normalized spacial score (nSPS) is 15.1. The molecular formula is C28H29ClN2O5. The summed E-state index contributed by atoms with van der Waals surface area (Å²) in [4.78, 5) is 17.6. The van der Waals surface area contributed by atoms with Gasteiger partial charge in [0.2, 0.25) is 6.79 Å². The predicted molar refractivity (Wildman–Crippen MR) is 137 cm³/mol. The molecule has 0 saturated carbocycles. The van der Waals surface area contributed by atoms with E-state index in [0.29, 0.717) is 42.6 Å². The first-order chi connectivity index (χ1) is 17.6. The van der Waals surface area contributed by atoms with Crippen LogP contribution in [-0.2, 0) is 13.2 Å². The standard InChI is InChI=1S/C28H29ClN2O5/c1-2-33-25-10-4-21(16-22(25)18-34-24-7-5-23(29)6-8-24)28(32)31-13-11-30(12-14-31)17-20-3-9-26-27(15-20)36-19-35-26/h3-10,15-16H,2,11-14,17-19H2,1H3. The molecule has 0 atom stereocenters. The van der Waals surface area contributed by atoms with E-state index in [1.807, 2.05) is 54.3 Å². The van der Waals surface area contributed by atoms with E-state index in [1.54, 1.807) is 12.1 Å². The molecule has 1 fully saturated rings. The van der Waals surface area contributed by atoms with Crippen molar-refractivity contribution in [3.63, 3.8) is 0 Å². The molecule has 0 bridgehead atoms. The van der Waals surface area contributed by atoms with Crippen LogP contribution < -0.4 is 18.9 Å². The van der Waals surface area contributed by atoms with Crippen LogP contribution in [0.5, 0.6) is 23.0 Å². The summed E-state index contributed by atoms with van der Waals surface area (Å²) in [5.41, 5.74) is 2.65. The third-order valence-electron chi connectivity index (χ3n) is 6.32. The molecule has 1 amide bonds. The van der Waals surface area contributed by atoms with Crippen LogP contribution in [0.25, 0.3) is 0 Å². The fourth-order valence-electron chi connectivity index (χ4n) is 4.40. The van der Waals surface area contributed by atoms with Crippen LogP contribution in [0, 0.1) is 0 Å². The minimum absolute atomic E-state index is 0.0218. The Kier molecular flexibility index (Phi) is 7.49. The minimum Gasteiger partial charge on any atom is -0.493 e. The maximum absolute atomic E-state index is 13.3. The second-order valence-corrected chi connectivity index (χ2v) is 9.19. The number of piperazine rings is 1. The number of halogens is 1. The van der Waals surface area contributed by atoms with Crippen molar-refractivity contribution in [3.8, 4) is 23.0 Å². The van der Waals surface area contributed by atoms with Crippen molar-refractivity contribution >= 4 is 17.5 Å². The summed E-state index contributed by atoms with van der Waals surface area (Å²) < 4.78 is 22.6. The number of ether oxygens (including phenoxy) is 4. The molecule has 3 aromatic carbocycles. The quantitative estimate of drug-likeness (QED) is 0.426. The minimum atomic E-state index is 0.0218. The van der Waals surface area contributed by atoms with E-state index < -0.39 is 0 Å². The molecule has 2 heterocycles. The third kappa shape index (κ3) is 5.69. The number of carbonyl (C=O) groups is 1. The third-order valence-corrected chi connectivity index (χ3v) is 6.57. The summed E-state index contributed by atoms with van der Waals surface area (Å²) >= 11 is 5.96. The van der Waals surface area contributed by atoms with Gasteiger partial charge in [-0.1, -0.05) is 17.7 Å². The molecule has 0 N–H and O–H groups in total. The number of hydrogen-bond acceptors (Lipinski definition) is 6. The number of benzene rings is 3. The highest BCUT2D eigenvalue weighted by Crippen LogP contribution is 2.33. The lowest BCUT2D eigenvalue weighted by Crippen LogP contribution is -2.48. The molecular weight excluding hydrogens is 480 g/mol. The van der Waals surface area contributed by atoms with Crippen molar-refractivity contribution in [1.29, 1.82) is 0 Å². The molecule has 2 aliphatic rings. The summed E-state index contributed by atoms with van der Waals surface area (Å²) in [6, 6.07) is 18.8. The summed E-state index contributed by atoms with van der Waals surface area (Å²) in [5.74, 6) is 3.04. The molecule has 0 spiro atoms. The van der Waals surface area contributed by atoms with Gasteiger partial charge in [-0.3, -0.25) is 9.69 Å². The Balaban J connectivity index is 1.20. The van der Waals surface area contributed by atoms with Gasteiger partial charge >= 0.3 is 0 Å². The number of rotatable bonds is 8. The smallest absolute Gasteiger partial charge is 0.253 e. The first-order valence-corrected chi connectivity index (χ1v) is 12.5. The van der Waals surface area contributed by atoms with E-state index in [2.05, 4.69) is 11.0 Å². The zero-order chi connectivity index (χ0) is 24.9. The molecule has 8 heteroatoms. The highest BCUT2D eigenvalue weighted by molar-refractivity contribution is 6.30. The van der Waals surface area contributed by atoms with E-state index in [1.165, 1.54) is 5.56 Å². The van der Waals surface area contributed by atoms with Gasteiger partial charge in [0, 0.05) is 48.9 Å². The summed E-state index contributed by atoms with van der Waals surface area (Å²) in [5, 5.41) is 0.654. The number of hydrogen-bond donors (Lipinski definition) is 0. The zero-order valence-electron chi connectivity index (χ0n) is 20.2. The first kappa shape index (κ1) is 24.3. The monoisotopic (exact) mass is 508 g/mol. The molecule has 1 saturated heterocycles. The Morgan fingerprint density at radius 2 is 1.69 bits per heavy atom. The molecule has 2 aliphatic heterocycles. The average Bonchev–Trinajstić information content (AvgIpc) is 3.37. The first-order valence-electron chi connectivity index (χ1n) is 12.1. The molecule has 36 heavy (non-hydrogen) atoms. The van der Waals surface area contributed by atoms with Gasteiger partial charge in [0.1, 0.15) is 18.1 Å². The second kappa shape index (κ2) is 11.1. The maximum Gasteiger partial charge on any atom is 0.253 e. The zero-order valence-corrected chi connectivity index (χ0v) is 21.0. The molecule has 7 nitrogen and oxygen atoms in total. The Morgan fingerprint density at radius 3 is 2.47 bits per heavy atom. The van der Waals surface area contributed by atoms with Crippen LogP contribution in [0.1, 0.15) is 28.4 Å². The average molecular weight is 509 g/mol. The fourth-order valence-corrected chi connectivity index (χ4v) is 4.53. The molecule has 0 aliphatic carbocycles. The molecule has 5 rings (SSSR count). The van der Waals surface area contributed by atoms with Gasteiger partial charge < -0.3 is 23.8 Å². The van der Waals surface area contributed by atoms with E-state index in [9.17, 15) is 4.79 Å². The highest BCUT2D eigenvalue weighted by Gasteiger charge is 2.24. The largest absolute Gasteiger partial charge is 0.493 e. The maximum atomic E-state index is 13.3. The SMILES string of the molecule is CCOc1ccc(C(=O)N2CCN(Cc3ccc4c(c3)OCO4)CC2)cc1COc1ccc(Cl)cc1. The van der Waals surface area contributed by atoms with Crippen molar-refractivity contribution < 1.29 is 23.7 Å². The molecule has 0 unspecified atom stereocenters. The Hall–Kier alpha value is -3.42. The second-order valence-electron chi connectivity index (χ2n) is 8.75. The lowest BCUT2D eigenvalue weighted by Gasteiger charge is -2.35. The van der Waals surface area contributed by atoms with Gasteiger partial charge in [0.05, 0.1) is 6.61 Å². The van der Waals surface area contributed by atoms with Crippen LogP contribution in [0.2, 0.25) is 5.02 Å². The summed E-state index contributed by atoms with van der Waals surface area (Å²) in [7, 11) is 0. The Morgan fingerprint density at radius 1 is 0.917 bits per heavy atom. The van der Waals surface area contributed by atoms with Crippen molar-refractivity contribution in [2.75, 3.05) is 39.6 Å². The van der Waals surface area contributed by atoms with E-state index in [-0.39, 0.29) is 12.7 Å². The van der Waals surface area contributed by atoms with Crippen molar-refractivity contribution in [2.45, 2.75) is 20.1 Å². The Bertz CT molecular complexity index is 1210. The number of amides is 1. The lowest BCUT2D eigenvalue weighted by molar-refractivity contribution is 0.0628. The van der Waals surface area contributed by atoms with Gasteiger partial charge in [-0.2, -0.15) is 0 Å². The van der Waals surface area contributed by atoms with Crippen molar-refractivity contribution in [1.82, 2.24) is 9.80 Å². The van der Waals surface area contributed by atoms with E-state index in [4.69, 9.17) is 30.5 Å². The summed E-state index contributed by atoms with van der Waals surface area (Å²) in [6.07, 6.45) is 0. The van der Waals surface area contributed by atoms with Crippen molar-refractivity contribution in [3.05, 3.63) is 82.4 Å². The van der Waals surface area contributed by atoms with E-state index >= 15 is 0 Å². The number of carbonyl (C=O) groups excluding carboxylic acids is 1. The van der Waals surface area contributed by atoms with Crippen LogP contribution in [0.15, 0.2) is 60.7 Å². The summed E-state index contributed by atoms with van der Waals surface area (Å²) in [6.45, 7) is 6.82. The van der Waals surface area contributed by atoms with Gasteiger partial charge in [0.15, 0.2) is 11.5 Å². The fraction of sp³-hybridized carbons (Fsp3) is 0.321. The molecule has 188 valence electrons. The topological polar surface area (TPSA) is 60.5 Å². The van der Waals surface area contributed by atoms with Crippen LogP contribution in [0.4, 0.5) is 0 Å². The van der Waals surface area contributed by atoms with E-state index in [0.717, 1.165) is 42.4 Å². The molecule has 0 aromatic heterocycles. The van der Waals surface area contributed by atoms with Gasteiger partial charge in [-0.05, 0) is 67.1 Å². The van der Waals surface area contributed by atoms with Gasteiger partial charge in [-0.25, -0.2) is 0 Å². The number of nitrogens with zero attached hydrogens (tertiary/aromatic N) is 2. The molecule has 3 aromatic rings. The van der Waals surface area contributed by atoms with Crippen molar-refractivity contribution in [2.24, 2.45) is 0 Å². The van der Waals surface area contributed by atoms with Gasteiger partial charge in [0.25, 0.3) is 5.91 Å².